The number of hydrogen-bond acceptors (Lipinski definition) is 4. The third-order valence-electron chi connectivity index (χ3n) is 3.40. The lowest BCUT2D eigenvalue weighted by Crippen LogP contribution is -1.99. The fourth-order valence-electron chi connectivity index (χ4n) is 2.58. The molecule has 0 radical (unpaired) electrons. The van der Waals surface area contributed by atoms with Crippen molar-refractivity contribution in [1.29, 1.82) is 0 Å². The van der Waals surface area contributed by atoms with Gasteiger partial charge in [-0.15, -0.1) is 0 Å². The summed E-state index contributed by atoms with van der Waals surface area (Å²) in [5.74, 6) is 1.44. The first kappa shape index (κ1) is 13.5. The SMILES string of the molecule is Cc1cc(C)c(OCc2nc3ccc(N)cc3o2)c(C)c1. The van der Waals surface area contributed by atoms with Gasteiger partial charge in [0.2, 0.25) is 5.89 Å². The zero-order valence-electron chi connectivity index (χ0n) is 12.4. The monoisotopic (exact) mass is 282 g/mol. The van der Waals surface area contributed by atoms with Crippen LogP contribution in [0.25, 0.3) is 11.1 Å². The van der Waals surface area contributed by atoms with Crippen LogP contribution in [0.5, 0.6) is 5.75 Å². The number of ether oxygens (including phenoxy) is 1. The van der Waals surface area contributed by atoms with Gasteiger partial charge in [0.1, 0.15) is 11.3 Å². The zero-order chi connectivity index (χ0) is 15.0. The van der Waals surface area contributed by atoms with E-state index in [9.17, 15) is 0 Å². The van der Waals surface area contributed by atoms with Crippen molar-refractivity contribution in [3.05, 3.63) is 52.9 Å². The van der Waals surface area contributed by atoms with E-state index in [-0.39, 0.29) is 0 Å². The molecule has 0 saturated carbocycles. The van der Waals surface area contributed by atoms with Gasteiger partial charge in [0.05, 0.1) is 0 Å². The van der Waals surface area contributed by atoms with Gasteiger partial charge in [-0.05, 0) is 44.0 Å². The molecule has 4 heteroatoms. The Bertz CT molecular complexity index is 783. The number of rotatable bonds is 3. The smallest absolute Gasteiger partial charge is 0.233 e. The molecule has 0 bridgehead atoms. The van der Waals surface area contributed by atoms with E-state index in [2.05, 4.69) is 24.0 Å². The van der Waals surface area contributed by atoms with Crippen molar-refractivity contribution in [2.24, 2.45) is 0 Å². The van der Waals surface area contributed by atoms with Crippen molar-refractivity contribution in [1.82, 2.24) is 4.98 Å². The molecule has 0 spiro atoms. The number of oxazole rings is 1. The van der Waals surface area contributed by atoms with Crippen molar-refractivity contribution in [3.8, 4) is 5.75 Å². The molecule has 0 amide bonds. The van der Waals surface area contributed by atoms with Crippen LogP contribution >= 0.6 is 0 Å². The minimum Gasteiger partial charge on any atom is -0.483 e. The number of aromatic nitrogens is 1. The van der Waals surface area contributed by atoms with Crippen molar-refractivity contribution in [2.75, 3.05) is 5.73 Å². The largest absolute Gasteiger partial charge is 0.483 e. The molecule has 0 unspecified atom stereocenters. The Balaban J connectivity index is 1.83. The molecule has 0 fully saturated rings. The molecule has 2 N–H and O–H groups in total. The van der Waals surface area contributed by atoms with E-state index in [0.717, 1.165) is 22.4 Å². The topological polar surface area (TPSA) is 61.3 Å². The minimum atomic E-state index is 0.305. The second kappa shape index (κ2) is 5.13. The lowest BCUT2D eigenvalue weighted by atomic mass is 10.1. The second-order valence-corrected chi connectivity index (χ2v) is 5.35. The summed E-state index contributed by atoms with van der Waals surface area (Å²) in [7, 11) is 0. The predicted molar refractivity (Wildman–Crippen MR) is 83.4 cm³/mol. The molecule has 3 rings (SSSR count). The fourth-order valence-corrected chi connectivity index (χ4v) is 2.58. The molecule has 1 aromatic heterocycles. The van der Waals surface area contributed by atoms with Gasteiger partial charge in [0.15, 0.2) is 12.2 Å². The average Bonchev–Trinajstić information content (AvgIpc) is 2.79. The standard InChI is InChI=1S/C17H18N2O2/c1-10-6-11(2)17(12(3)7-10)20-9-16-19-14-5-4-13(18)8-15(14)21-16/h4-8H,9,18H2,1-3H3. The van der Waals surface area contributed by atoms with Gasteiger partial charge in [-0.2, -0.15) is 0 Å². The summed E-state index contributed by atoms with van der Waals surface area (Å²) in [5, 5.41) is 0. The van der Waals surface area contributed by atoms with E-state index in [1.54, 1.807) is 6.07 Å². The minimum absolute atomic E-state index is 0.305. The molecule has 2 aromatic carbocycles. The molecule has 0 atom stereocenters. The van der Waals surface area contributed by atoms with E-state index >= 15 is 0 Å². The van der Waals surface area contributed by atoms with Crippen LogP contribution in [0, 0.1) is 20.8 Å². The number of nitrogens with zero attached hydrogens (tertiary/aromatic N) is 1. The van der Waals surface area contributed by atoms with Gasteiger partial charge in [-0.1, -0.05) is 17.7 Å². The number of nitrogen functional groups attached to an aromatic ring is 1. The van der Waals surface area contributed by atoms with Crippen LogP contribution in [-0.2, 0) is 6.61 Å². The first-order chi connectivity index (χ1) is 10.0. The first-order valence-corrected chi connectivity index (χ1v) is 6.88. The normalized spacial score (nSPS) is 11.0. The van der Waals surface area contributed by atoms with Crippen LogP contribution in [0.2, 0.25) is 0 Å². The van der Waals surface area contributed by atoms with Crippen LogP contribution in [0.15, 0.2) is 34.7 Å². The average molecular weight is 282 g/mol. The molecule has 108 valence electrons. The molecule has 21 heavy (non-hydrogen) atoms. The number of benzene rings is 2. The summed E-state index contributed by atoms with van der Waals surface area (Å²) in [6.45, 7) is 6.47. The summed E-state index contributed by atoms with van der Waals surface area (Å²) in [6.07, 6.45) is 0. The maximum atomic E-state index is 5.88. The lowest BCUT2D eigenvalue weighted by Gasteiger charge is -2.11. The van der Waals surface area contributed by atoms with Crippen molar-refractivity contribution in [2.45, 2.75) is 27.4 Å². The van der Waals surface area contributed by atoms with Gasteiger partial charge in [0, 0.05) is 11.8 Å². The molecule has 4 nitrogen and oxygen atoms in total. The number of aryl methyl sites for hydroxylation is 3. The van der Waals surface area contributed by atoms with Gasteiger partial charge in [0.25, 0.3) is 0 Å². The highest BCUT2D eigenvalue weighted by Gasteiger charge is 2.09. The Morgan fingerprint density at radius 2 is 1.81 bits per heavy atom. The highest BCUT2D eigenvalue weighted by Crippen LogP contribution is 2.26. The molecule has 0 aliphatic rings. The van der Waals surface area contributed by atoms with E-state index < -0.39 is 0 Å². The van der Waals surface area contributed by atoms with Crippen LogP contribution in [0.4, 0.5) is 5.69 Å². The van der Waals surface area contributed by atoms with E-state index in [1.165, 1.54) is 5.56 Å². The second-order valence-electron chi connectivity index (χ2n) is 5.35. The summed E-state index contributed by atoms with van der Waals surface area (Å²) < 4.78 is 11.5. The Morgan fingerprint density at radius 1 is 1.10 bits per heavy atom. The molecule has 1 heterocycles. The summed E-state index contributed by atoms with van der Waals surface area (Å²) >= 11 is 0. The first-order valence-electron chi connectivity index (χ1n) is 6.88. The van der Waals surface area contributed by atoms with E-state index in [0.29, 0.717) is 23.8 Å². The van der Waals surface area contributed by atoms with Crippen LogP contribution in [-0.4, -0.2) is 4.98 Å². The fraction of sp³-hybridized carbons (Fsp3) is 0.235. The maximum absolute atomic E-state index is 5.88. The molecule has 0 aliphatic carbocycles. The number of nitrogens with two attached hydrogens (primary N) is 1. The summed E-state index contributed by atoms with van der Waals surface area (Å²) in [5.41, 5.74) is 11.3. The van der Waals surface area contributed by atoms with Crippen LogP contribution in [0.3, 0.4) is 0 Å². The van der Waals surface area contributed by atoms with E-state index in [4.69, 9.17) is 14.9 Å². The van der Waals surface area contributed by atoms with Gasteiger partial charge >= 0.3 is 0 Å². The van der Waals surface area contributed by atoms with Gasteiger partial charge in [-0.3, -0.25) is 0 Å². The van der Waals surface area contributed by atoms with Crippen molar-refractivity contribution < 1.29 is 9.15 Å². The highest BCUT2D eigenvalue weighted by molar-refractivity contribution is 5.76. The quantitative estimate of drug-likeness (QED) is 0.740. The van der Waals surface area contributed by atoms with Crippen LogP contribution < -0.4 is 10.5 Å². The Labute approximate surface area is 123 Å². The van der Waals surface area contributed by atoms with Crippen molar-refractivity contribution in [3.63, 3.8) is 0 Å². The summed E-state index contributed by atoms with van der Waals surface area (Å²) in [4.78, 5) is 4.40. The molecular weight excluding hydrogens is 264 g/mol. The third-order valence-corrected chi connectivity index (χ3v) is 3.40. The predicted octanol–water partition coefficient (Wildman–Crippen LogP) is 3.91. The molecule has 0 aliphatic heterocycles. The van der Waals surface area contributed by atoms with E-state index in [1.807, 2.05) is 26.0 Å². The maximum Gasteiger partial charge on any atom is 0.233 e. The lowest BCUT2D eigenvalue weighted by molar-refractivity contribution is 0.264. The van der Waals surface area contributed by atoms with Gasteiger partial charge < -0.3 is 14.9 Å². The third kappa shape index (κ3) is 2.70. The number of fused-ring (bicyclic) bond motifs is 1. The zero-order valence-corrected chi connectivity index (χ0v) is 12.4. The Kier molecular flexibility index (Phi) is 3.29. The van der Waals surface area contributed by atoms with Gasteiger partial charge in [-0.25, -0.2) is 4.98 Å². The molecule has 3 aromatic rings. The Hall–Kier alpha value is -2.49. The molecule has 0 saturated heterocycles. The molecular formula is C17H18N2O2. The highest BCUT2D eigenvalue weighted by atomic mass is 16.5. The van der Waals surface area contributed by atoms with Crippen LogP contribution in [0.1, 0.15) is 22.6 Å². The summed E-state index contributed by atoms with van der Waals surface area (Å²) in [6, 6.07) is 9.64. The number of anilines is 1. The van der Waals surface area contributed by atoms with Crippen molar-refractivity contribution >= 4 is 16.8 Å². The number of hydrogen-bond donors (Lipinski definition) is 1. The Morgan fingerprint density at radius 3 is 2.52 bits per heavy atom.